The Kier molecular flexibility index (Phi) is 4.42. The molecule has 0 saturated carbocycles. The first-order valence-electron chi connectivity index (χ1n) is 6.32. The van der Waals surface area contributed by atoms with Crippen molar-refractivity contribution in [3.8, 4) is 5.75 Å². The fourth-order valence-electron chi connectivity index (χ4n) is 2.38. The summed E-state index contributed by atoms with van der Waals surface area (Å²) in [6.07, 6.45) is -5.07. The molecule has 1 amide bonds. The van der Waals surface area contributed by atoms with Gasteiger partial charge in [0.25, 0.3) is 0 Å². The molecular formula is C12H12F4N2O4S. The third-order valence-corrected chi connectivity index (χ3v) is 4.03. The number of nitrogen functional groups attached to an aromatic ring is 1. The molecule has 0 radical (unpaired) electrons. The zero-order valence-corrected chi connectivity index (χ0v) is 12.3. The highest BCUT2D eigenvalue weighted by molar-refractivity contribution is 7.86. The third kappa shape index (κ3) is 4.71. The summed E-state index contributed by atoms with van der Waals surface area (Å²) in [7, 11) is -4.73. The first-order chi connectivity index (χ1) is 10.4. The van der Waals surface area contributed by atoms with Crippen LogP contribution in [0.25, 0.3) is 0 Å². The molecule has 0 bridgehead atoms. The lowest BCUT2D eigenvalue weighted by Crippen LogP contribution is -2.26. The Hall–Kier alpha value is -2.04. The van der Waals surface area contributed by atoms with Crippen molar-refractivity contribution >= 4 is 27.5 Å². The molecular weight excluding hydrogens is 344 g/mol. The van der Waals surface area contributed by atoms with Crippen molar-refractivity contribution in [3.63, 3.8) is 0 Å². The highest BCUT2D eigenvalue weighted by Crippen LogP contribution is 2.34. The average Bonchev–Trinajstić information content (AvgIpc) is 2.65. The van der Waals surface area contributed by atoms with Gasteiger partial charge in [0.05, 0.1) is 17.1 Å². The number of ether oxygens (including phenoxy) is 1. The normalized spacial score (nSPS) is 19.2. The van der Waals surface area contributed by atoms with Gasteiger partial charge in [0.15, 0.2) is 0 Å². The summed E-state index contributed by atoms with van der Waals surface area (Å²) in [4.78, 5) is 13.0. The quantitative estimate of drug-likeness (QED) is 0.505. The second-order valence-electron chi connectivity index (χ2n) is 5.05. The highest BCUT2D eigenvalue weighted by atomic mass is 32.3. The summed E-state index contributed by atoms with van der Waals surface area (Å²) in [5, 5.41) is 0. The molecule has 1 aliphatic heterocycles. The van der Waals surface area contributed by atoms with E-state index in [1.54, 1.807) is 0 Å². The van der Waals surface area contributed by atoms with E-state index in [1.165, 1.54) is 0 Å². The van der Waals surface area contributed by atoms with Crippen molar-refractivity contribution in [2.45, 2.75) is 12.8 Å². The zero-order chi connectivity index (χ0) is 17.4. The lowest BCUT2D eigenvalue weighted by Gasteiger charge is -2.19. The number of nitrogens with two attached hydrogens (primary N) is 1. The molecule has 1 atom stereocenters. The number of carbonyl (C=O) groups excluding carboxylic acids is 1. The third-order valence-electron chi connectivity index (χ3n) is 3.16. The Bertz CT molecular complexity index is 720. The van der Waals surface area contributed by atoms with Crippen LogP contribution in [-0.2, 0) is 15.0 Å². The second kappa shape index (κ2) is 5.87. The molecule has 2 rings (SSSR count). The predicted molar refractivity (Wildman–Crippen MR) is 72.9 cm³/mol. The molecule has 0 aliphatic carbocycles. The van der Waals surface area contributed by atoms with Crippen LogP contribution in [0.15, 0.2) is 18.2 Å². The minimum atomic E-state index is -4.88. The number of alkyl halides is 3. The smallest absolute Gasteiger partial charge is 0.406 e. The fourth-order valence-corrected chi connectivity index (χ4v) is 3.17. The van der Waals surface area contributed by atoms with E-state index in [2.05, 4.69) is 4.74 Å². The van der Waals surface area contributed by atoms with E-state index in [1.807, 2.05) is 0 Å². The van der Waals surface area contributed by atoms with Gasteiger partial charge in [0, 0.05) is 24.9 Å². The zero-order valence-electron chi connectivity index (χ0n) is 11.5. The van der Waals surface area contributed by atoms with Gasteiger partial charge in [-0.15, -0.1) is 17.1 Å². The number of carbonyl (C=O) groups is 1. The van der Waals surface area contributed by atoms with E-state index in [9.17, 15) is 30.3 Å². The number of rotatable bonds is 4. The SMILES string of the molecule is Nc1cc(OC(F)(F)F)ccc1N1CC(CS(=O)(=O)F)CC1=O. The first kappa shape index (κ1) is 17.3. The molecule has 1 aliphatic rings. The predicted octanol–water partition coefficient (Wildman–Crippen LogP) is 1.82. The van der Waals surface area contributed by atoms with Gasteiger partial charge in [0.2, 0.25) is 5.91 Å². The van der Waals surface area contributed by atoms with Crippen LogP contribution in [0.2, 0.25) is 0 Å². The number of amides is 1. The van der Waals surface area contributed by atoms with Gasteiger partial charge in [-0.2, -0.15) is 8.42 Å². The van der Waals surface area contributed by atoms with Gasteiger partial charge in [-0.25, -0.2) is 0 Å². The lowest BCUT2D eigenvalue weighted by molar-refractivity contribution is -0.274. The Morgan fingerprint density at radius 3 is 2.52 bits per heavy atom. The number of nitrogens with zero attached hydrogens (tertiary/aromatic N) is 1. The monoisotopic (exact) mass is 356 g/mol. The van der Waals surface area contributed by atoms with Crippen LogP contribution >= 0.6 is 0 Å². The molecule has 1 aromatic rings. The van der Waals surface area contributed by atoms with Crippen molar-refractivity contribution < 1.29 is 35.0 Å². The molecule has 6 nitrogen and oxygen atoms in total. The molecule has 11 heteroatoms. The molecule has 2 N–H and O–H groups in total. The summed E-state index contributed by atoms with van der Waals surface area (Å²) in [5.74, 6) is -2.59. The van der Waals surface area contributed by atoms with E-state index < -0.39 is 39.9 Å². The fraction of sp³-hybridized carbons (Fsp3) is 0.417. The molecule has 1 heterocycles. The summed E-state index contributed by atoms with van der Waals surface area (Å²) >= 11 is 0. The van der Waals surface area contributed by atoms with Gasteiger partial charge in [0.1, 0.15) is 5.75 Å². The van der Waals surface area contributed by atoms with Crippen LogP contribution in [0.1, 0.15) is 6.42 Å². The minimum absolute atomic E-state index is 0.0916. The summed E-state index contributed by atoms with van der Waals surface area (Å²) in [5.41, 5.74) is 5.59. The van der Waals surface area contributed by atoms with E-state index in [-0.39, 0.29) is 24.3 Å². The first-order valence-corrected chi connectivity index (χ1v) is 7.88. The van der Waals surface area contributed by atoms with Gasteiger partial charge < -0.3 is 15.4 Å². The molecule has 0 aromatic heterocycles. The highest BCUT2D eigenvalue weighted by Gasteiger charge is 2.35. The summed E-state index contributed by atoms with van der Waals surface area (Å²) in [6.45, 7) is -0.0916. The second-order valence-corrected chi connectivity index (χ2v) is 6.46. The van der Waals surface area contributed by atoms with E-state index >= 15 is 0 Å². The minimum Gasteiger partial charge on any atom is -0.406 e. The Morgan fingerprint density at radius 2 is 2.00 bits per heavy atom. The van der Waals surface area contributed by atoms with Crippen molar-refractivity contribution in [2.24, 2.45) is 5.92 Å². The Morgan fingerprint density at radius 1 is 1.35 bits per heavy atom. The average molecular weight is 356 g/mol. The van der Waals surface area contributed by atoms with Gasteiger partial charge in [-0.1, -0.05) is 0 Å². The standard InChI is InChI=1S/C12H12F4N2O4S/c13-12(14,15)22-8-1-2-10(9(17)4-8)18-5-7(3-11(18)19)6-23(16,20)21/h1-2,4,7H,3,5-6,17H2. The van der Waals surface area contributed by atoms with E-state index in [0.29, 0.717) is 0 Å². The maximum atomic E-state index is 12.7. The van der Waals surface area contributed by atoms with Crippen molar-refractivity contribution in [3.05, 3.63) is 18.2 Å². The van der Waals surface area contributed by atoms with E-state index in [4.69, 9.17) is 5.73 Å². The molecule has 1 saturated heterocycles. The summed E-state index contributed by atoms with van der Waals surface area (Å²) < 4.78 is 74.0. The number of hydrogen-bond donors (Lipinski definition) is 1. The maximum Gasteiger partial charge on any atom is 0.573 e. The maximum absolute atomic E-state index is 12.7. The van der Waals surface area contributed by atoms with Crippen molar-refractivity contribution in [2.75, 3.05) is 22.9 Å². The van der Waals surface area contributed by atoms with Crippen LogP contribution in [0.3, 0.4) is 0 Å². The van der Waals surface area contributed by atoms with Crippen molar-refractivity contribution in [1.82, 2.24) is 0 Å². The molecule has 23 heavy (non-hydrogen) atoms. The van der Waals surface area contributed by atoms with E-state index in [0.717, 1.165) is 23.1 Å². The molecule has 1 unspecified atom stereocenters. The van der Waals surface area contributed by atoms with Crippen LogP contribution in [-0.4, -0.2) is 33.0 Å². The number of halogens is 4. The summed E-state index contributed by atoms with van der Waals surface area (Å²) in [6, 6.07) is 3.03. The molecule has 1 aromatic carbocycles. The van der Waals surface area contributed by atoms with Crippen molar-refractivity contribution in [1.29, 1.82) is 0 Å². The molecule has 128 valence electrons. The van der Waals surface area contributed by atoms with Crippen LogP contribution < -0.4 is 15.4 Å². The van der Waals surface area contributed by atoms with Gasteiger partial charge in [-0.05, 0) is 12.1 Å². The Balaban J connectivity index is 2.17. The molecule has 0 spiro atoms. The largest absolute Gasteiger partial charge is 0.573 e. The van der Waals surface area contributed by atoms with Crippen LogP contribution in [0.5, 0.6) is 5.75 Å². The number of hydrogen-bond acceptors (Lipinski definition) is 5. The van der Waals surface area contributed by atoms with Gasteiger partial charge >= 0.3 is 16.6 Å². The Labute approximate surface area is 129 Å². The number of anilines is 2. The van der Waals surface area contributed by atoms with Crippen LogP contribution in [0, 0.1) is 5.92 Å². The number of benzene rings is 1. The lowest BCUT2D eigenvalue weighted by atomic mass is 10.1. The van der Waals surface area contributed by atoms with Crippen LogP contribution in [0.4, 0.5) is 28.4 Å². The van der Waals surface area contributed by atoms with Gasteiger partial charge in [-0.3, -0.25) is 4.79 Å². The molecule has 1 fully saturated rings. The topological polar surface area (TPSA) is 89.7 Å².